The third kappa shape index (κ3) is 5.30. The lowest BCUT2D eigenvalue weighted by Gasteiger charge is -2.31. The molecule has 0 bridgehead atoms. The number of likely N-dealkylation sites (N-methyl/N-ethyl adjacent to an activating group) is 1. The second-order valence-corrected chi connectivity index (χ2v) is 6.64. The number of benzene rings is 2. The van der Waals surface area contributed by atoms with Crippen molar-refractivity contribution in [3.8, 4) is 6.07 Å². The summed E-state index contributed by atoms with van der Waals surface area (Å²) in [6, 6.07) is 17.3. The lowest BCUT2D eigenvalue weighted by molar-refractivity contribution is -0.117. The fourth-order valence-corrected chi connectivity index (χ4v) is 3.18. The first-order valence-electron chi connectivity index (χ1n) is 9.05. The highest BCUT2D eigenvalue weighted by Crippen LogP contribution is 2.22. The maximum Gasteiger partial charge on any atom is 0.238 e. The largest absolute Gasteiger partial charge is 0.378 e. The van der Waals surface area contributed by atoms with E-state index in [-0.39, 0.29) is 12.5 Å². The Morgan fingerprint density at radius 3 is 2.59 bits per heavy atom. The summed E-state index contributed by atoms with van der Waals surface area (Å²) in [5.41, 5.74) is 3.68. The SMILES string of the molecule is CN(CC(=O)Nc1ccc(C#N)cc1)Cc1ccccc1N1CCOCC1. The minimum atomic E-state index is -0.0777. The van der Waals surface area contributed by atoms with Gasteiger partial charge < -0.3 is 15.0 Å². The summed E-state index contributed by atoms with van der Waals surface area (Å²) in [6.07, 6.45) is 0. The summed E-state index contributed by atoms with van der Waals surface area (Å²) in [6.45, 7) is 4.25. The number of hydrogen-bond donors (Lipinski definition) is 1. The van der Waals surface area contributed by atoms with Gasteiger partial charge in [0.15, 0.2) is 0 Å². The van der Waals surface area contributed by atoms with E-state index in [0.717, 1.165) is 26.3 Å². The van der Waals surface area contributed by atoms with Gasteiger partial charge in [-0.15, -0.1) is 0 Å². The van der Waals surface area contributed by atoms with Gasteiger partial charge in [-0.05, 0) is 42.9 Å². The summed E-state index contributed by atoms with van der Waals surface area (Å²) in [5, 5.41) is 11.7. The molecule has 3 rings (SSSR count). The second-order valence-electron chi connectivity index (χ2n) is 6.64. The first-order chi connectivity index (χ1) is 13.2. The number of nitrogens with one attached hydrogen (secondary N) is 1. The average molecular weight is 364 g/mol. The Kier molecular flexibility index (Phi) is 6.42. The molecule has 2 aromatic carbocycles. The molecule has 1 aliphatic heterocycles. The van der Waals surface area contributed by atoms with Crippen molar-refractivity contribution in [2.45, 2.75) is 6.54 Å². The van der Waals surface area contributed by atoms with Crippen LogP contribution in [-0.4, -0.2) is 50.7 Å². The average Bonchev–Trinajstić information content (AvgIpc) is 2.69. The van der Waals surface area contributed by atoms with Crippen molar-refractivity contribution in [2.75, 3.05) is 50.1 Å². The van der Waals surface area contributed by atoms with Crippen LogP contribution in [-0.2, 0) is 16.1 Å². The highest BCUT2D eigenvalue weighted by atomic mass is 16.5. The molecule has 0 saturated carbocycles. The number of rotatable bonds is 6. The van der Waals surface area contributed by atoms with Crippen molar-refractivity contribution in [1.82, 2.24) is 4.90 Å². The van der Waals surface area contributed by atoms with Crippen molar-refractivity contribution >= 4 is 17.3 Å². The standard InChI is InChI=1S/C21H24N4O2/c1-24(16-21(26)23-19-8-6-17(14-22)7-9-19)15-18-4-2-3-5-20(18)25-10-12-27-13-11-25/h2-9H,10-13,15-16H2,1H3,(H,23,26). The highest BCUT2D eigenvalue weighted by molar-refractivity contribution is 5.92. The van der Waals surface area contributed by atoms with Crippen LogP contribution in [0.3, 0.4) is 0 Å². The van der Waals surface area contributed by atoms with Crippen LogP contribution in [0.25, 0.3) is 0 Å². The van der Waals surface area contributed by atoms with E-state index in [9.17, 15) is 4.79 Å². The third-order valence-electron chi connectivity index (χ3n) is 4.49. The van der Waals surface area contributed by atoms with Crippen LogP contribution in [0.15, 0.2) is 48.5 Å². The summed E-state index contributed by atoms with van der Waals surface area (Å²) in [4.78, 5) is 16.6. The maximum atomic E-state index is 12.3. The molecule has 140 valence electrons. The van der Waals surface area contributed by atoms with Crippen LogP contribution in [0.4, 0.5) is 11.4 Å². The number of ether oxygens (including phenoxy) is 1. The first kappa shape index (κ1) is 18.9. The monoisotopic (exact) mass is 364 g/mol. The van der Waals surface area contributed by atoms with E-state index in [1.807, 2.05) is 24.1 Å². The summed E-state index contributed by atoms with van der Waals surface area (Å²) < 4.78 is 5.44. The molecular formula is C21H24N4O2. The molecule has 0 spiro atoms. The van der Waals surface area contributed by atoms with E-state index >= 15 is 0 Å². The highest BCUT2D eigenvalue weighted by Gasteiger charge is 2.16. The molecule has 1 saturated heterocycles. The van der Waals surface area contributed by atoms with E-state index in [4.69, 9.17) is 10.00 Å². The topological polar surface area (TPSA) is 68.6 Å². The Hall–Kier alpha value is -2.88. The molecule has 0 unspecified atom stereocenters. The summed E-state index contributed by atoms with van der Waals surface area (Å²) in [5.74, 6) is -0.0777. The Balaban J connectivity index is 1.58. The van der Waals surface area contributed by atoms with Crippen LogP contribution in [0, 0.1) is 11.3 Å². The third-order valence-corrected chi connectivity index (χ3v) is 4.49. The van der Waals surface area contributed by atoms with Gasteiger partial charge in [0, 0.05) is 31.0 Å². The van der Waals surface area contributed by atoms with Crippen LogP contribution < -0.4 is 10.2 Å². The molecule has 1 amide bonds. The Morgan fingerprint density at radius 1 is 1.19 bits per heavy atom. The van der Waals surface area contributed by atoms with Gasteiger partial charge in [0.2, 0.25) is 5.91 Å². The molecule has 1 N–H and O–H groups in total. The van der Waals surface area contributed by atoms with Crippen LogP contribution >= 0.6 is 0 Å². The molecule has 0 radical (unpaired) electrons. The predicted octanol–water partition coefficient (Wildman–Crippen LogP) is 2.47. The van der Waals surface area contributed by atoms with Gasteiger partial charge in [-0.25, -0.2) is 0 Å². The number of nitrogens with zero attached hydrogens (tertiary/aromatic N) is 3. The number of amides is 1. The number of hydrogen-bond acceptors (Lipinski definition) is 5. The van der Waals surface area contributed by atoms with Gasteiger partial charge in [0.25, 0.3) is 0 Å². The summed E-state index contributed by atoms with van der Waals surface area (Å²) in [7, 11) is 1.94. The van der Waals surface area contributed by atoms with E-state index in [0.29, 0.717) is 17.8 Å². The van der Waals surface area contributed by atoms with Gasteiger partial charge in [0.05, 0.1) is 31.4 Å². The first-order valence-corrected chi connectivity index (χ1v) is 9.05. The van der Waals surface area contributed by atoms with Crippen molar-refractivity contribution in [1.29, 1.82) is 5.26 Å². The van der Waals surface area contributed by atoms with E-state index < -0.39 is 0 Å². The number of nitriles is 1. The van der Waals surface area contributed by atoms with E-state index in [2.05, 4.69) is 28.4 Å². The van der Waals surface area contributed by atoms with Gasteiger partial charge in [-0.2, -0.15) is 5.26 Å². The van der Waals surface area contributed by atoms with Crippen molar-refractivity contribution in [2.24, 2.45) is 0 Å². The molecule has 0 aromatic heterocycles. The molecule has 1 aliphatic rings. The minimum absolute atomic E-state index is 0.0777. The van der Waals surface area contributed by atoms with Gasteiger partial charge in [-0.1, -0.05) is 18.2 Å². The van der Waals surface area contributed by atoms with E-state index in [1.54, 1.807) is 24.3 Å². The van der Waals surface area contributed by atoms with Crippen molar-refractivity contribution in [3.63, 3.8) is 0 Å². The second kappa shape index (κ2) is 9.17. The number of carbonyl (C=O) groups is 1. The molecule has 6 nitrogen and oxygen atoms in total. The molecule has 1 heterocycles. The number of para-hydroxylation sites is 1. The number of anilines is 2. The Labute approximate surface area is 160 Å². The van der Waals surface area contributed by atoms with Crippen molar-refractivity contribution < 1.29 is 9.53 Å². The number of morpholine rings is 1. The molecule has 6 heteroatoms. The molecule has 27 heavy (non-hydrogen) atoms. The minimum Gasteiger partial charge on any atom is -0.378 e. The van der Waals surface area contributed by atoms with E-state index in [1.165, 1.54) is 11.3 Å². The smallest absolute Gasteiger partial charge is 0.238 e. The molecular weight excluding hydrogens is 340 g/mol. The summed E-state index contributed by atoms with van der Waals surface area (Å²) >= 11 is 0. The molecule has 0 atom stereocenters. The van der Waals surface area contributed by atoms with Crippen molar-refractivity contribution in [3.05, 3.63) is 59.7 Å². The lowest BCUT2D eigenvalue weighted by Crippen LogP contribution is -2.37. The lowest BCUT2D eigenvalue weighted by atomic mass is 10.1. The zero-order chi connectivity index (χ0) is 19.1. The Bertz CT molecular complexity index is 808. The Morgan fingerprint density at radius 2 is 1.89 bits per heavy atom. The predicted molar refractivity (Wildman–Crippen MR) is 106 cm³/mol. The van der Waals surface area contributed by atoms with Gasteiger partial charge in [0.1, 0.15) is 0 Å². The van der Waals surface area contributed by atoms with Gasteiger partial charge in [-0.3, -0.25) is 9.69 Å². The van der Waals surface area contributed by atoms with Gasteiger partial charge >= 0.3 is 0 Å². The molecule has 0 aliphatic carbocycles. The fraction of sp³-hybridized carbons (Fsp3) is 0.333. The fourth-order valence-electron chi connectivity index (χ4n) is 3.18. The zero-order valence-electron chi connectivity index (χ0n) is 15.5. The van der Waals surface area contributed by atoms with Crippen LogP contribution in [0.5, 0.6) is 0 Å². The molecule has 1 fully saturated rings. The quantitative estimate of drug-likeness (QED) is 0.853. The zero-order valence-corrected chi connectivity index (χ0v) is 15.5. The van der Waals surface area contributed by atoms with Crippen LogP contribution in [0.2, 0.25) is 0 Å². The maximum absolute atomic E-state index is 12.3. The normalized spacial score (nSPS) is 14.0. The van der Waals surface area contributed by atoms with Crippen LogP contribution in [0.1, 0.15) is 11.1 Å². The number of carbonyl (C=O) groups excluding carboxylic acids is 1. The molecule has 2 aromatic rings.